The van der Waals surface area contributed by atoms with Gasteiger partial charge in [0.25, 0.3) is 11.6 Å². The molecule has 0 bridgehead atoms. The molecule has 0 spiro atoms. The second-order valence-electron chi connectivity index (χ2n) is 5.98. The second-order valence-corrected chi connectivity index (χ2v) is 5.98. The predicted octanol–water partition coefficient (Wildman–Crippen LogP) is 1.31. The van der Waals surface area contributed by atoms with Crippen molar-refractivity contribution in [2.24, 2.45) is 5.92 Å². The van der Waals surface area contributed by atoms with Crippen molar-refractivity contribution in [1.29, 1.82) is 0 Å². The highest BCUT2D eigenvalue weighted by molar-refractivity contribution is 6.02. The molecule has 2 amide bonds. The number of amides is 2. The fraction of sp³-hybridized carbons (Fsp3) is 0.500. The van der Waals surface area contributed by atoms with Crippen LogP contribution in [0.1, 0.15) is 30.1 Å². The number of hydrogen-bond acceptors (Lipinski definition) is 5. The molecule has 1 aliphatic heterocycles. The van der Waals surface area contributed by atoms with E-state index < -0.39 is 10.8 Å². The van der Waals surface area contributed by atoms with Gasteiger partial charge in [0.15, 0.2) is 0 Å². The highest BCUT2D eigenvalue weighted by atomic mass is 16.6. The van der Waals surface area contributed by atoms with Gasteiger partial charge in [-0.3, -0.25) is 19.7 Å². The van der Waals surface area contributed by atoms with Crippen LogP contribution in [0, 0.1) is 16.0 Å². The number of likely N-dealkylation sites (N-methyl/N-ethyl adjacent to an activating group) is 1. The van der Waals surface area contributed by atoms with Gasteiger partial charge < -0.3 is 15.5 Å². The molecule has 8 nitrogen and oxygen atoms in total. The van der Waals surface area contributed by atoms with Gasteiger partial charge in [-0.25, -0.2) is 0 Å². The molecule has 0 unspecified atom stereocenters. The maximum absolute atomic E-state index is 12.4. The summed E-state index contributed by atoms with van der Waals surface area (Å²) in [4.78, 5) is 36.3. The van der Waals surface area contributed by atoms with Crippen molar-refractivity contribution in [2.75, 3.05) is 31.6 Å². The molecule has 0 radical (unpaired) electrons. The summed E-state index contributed by atoms with van der Waals surface area (Å²) in [5.41, 5.74) is 0.749. The molecule has 0 atom stereocenters. The van der Waals surface area contributed by atoms with Gasteiger partial charge >= 0.3 is 0 Å². The molecule has 1 saturated heterocycles. The largest absolute Gasteiger partial charge is 0.371 e. The van der Waals surface area contributed by atoms with E-state index in [1.807, 2.05) is 0 Å². The third kappa shape index (κ3) is 4.21. The molecule has 24 heavy (non-hydrogen) atoms. The summed E-state index contributed by atoms with van der Waals surface area (Å²) in [6.07, 6.45) is 2.02. The van der Waals surface area contributed by atoms with E-state index in [9.17, 15) is 19.7 Å². The van der Waals surface area contributed by atoms with Gasteiger partial charge in [0.2, 0.25) is 5.91 Å². The first-order valence-electron chi connectivity index (χ1n) is 7.94. The maximum Gasteiger partial charge on any atom is 0.270 e. The Bertz CT molecular complexity index is 639. The molecule has 0 saturated carbocycles. The van der Waals surface area contributed by atoms with E-state index in [1.165, 1.54) is 19.2 Å². The summed E-state index contributed by atoms with van der Waals surface area (Å²) in [5.74, 6) is -0.192. The molecule has 2 rings (SSSR count). The number of nitrogens with zero attached hydrogens (tertiary/aromatic N) is 2. The zero-order valence-electron chi connectivity index (χ0n) is 13.9. The zero-order valence-corrected chi connectivity index (χ0v) is 13.9. The first kappa shape index (κ1) is 17.7. The Kier molecular flexibility index (Phi) is 5.73. The number of rotatable bonds is 5. The maximum atomic E-state index is 12.4. The summed E-state index contributed by atoms with van der Waals surface area (Å²) in [6.45, 7) is 3.61. The fourth-order valence-electron chi connectivity index (χ4n) is 2.69. The highest BCUT2D eigenvalue weighted by Gasteiger charge is 2.23. The zero-order chi connectivity index (χ0) is 17.7. The standard InChI is InChI=1S/C16H22N4O4/c1-11-5-7-19(8-6-11)14-4-3-12(20(23)24)9-13(14)16(22)18-10-15(21)17-2/h3-4,9,11H,5-8,10H2,1-2H3,(H,17,21)(H,18,22). The Morgan fingerprint density at radius 1 is 1.33 bits per heavy atom. The average Bonchev–Trinajstić information content (AvgIpc) is 2.59. The molecule has 8 heteroatoms. The summed E-state index contributed by atoms with van der Waals surface area (Å²) in [6, 6.07) is 4.29. The number of anilines is 1. The van der Waals surface area contributed by atoms with Gasteiger partial charge in [0.1, 0.15) is 0 Å². The SMILES string of the molecule is CNC(=O)CNC(=O)c1cc([N+](=O)[O-])ccc1N1CCC(C)CC1. The van der Waals surface area contributed by atoms with Crippen molar-refractivity contribution in [3.05, 3.63) is 33.9 Å². The number of nitro groups is 1. The molecule has 1 fully saturated rings. The molecular formula is C16H22N4O4. The van der Waals surface area contributed by atoms with E-state index in [0.29, 0.717) is 11.6 Å². The Morgan fingerprint density at radius 3 is 2.58 bits per heavy atom. The van der Waals surface area contributed by atoms with E-state index in [-0.39, 0.29) is 23.7 Å². The van der Waals surface area contributed by atoms with Gasteiger partial charge in [-0.15, -0.1) is 0 Å². The lowest BCUT2D eigenvalue weighted by molar-refractivity contribution is -0.384. The number of non-ortho nitro benzene ring substituents is 1. The minimum Gasteiger partial charge on any atom is -0.371 e. The van der Waals surface area contributed by atoms with Crippen LogP contribution < -0.4 is 15.5 Å². The summed E-state index contributed by atoms with van der Waals surface area (Å²) < 4.78 is 0. The first-order valence-corrected chi connectivity index (χ1v) is 7.94. The van der Waals surface area contributed by atoms with Crippen LogP contribution in [0.5, 0.6) is 0 Å². The first-order chi connectivity index (χ1) is 11.4. The molecule has 0 aromatic heterocycles. The number of nitrogens with one attached hydrogen (secondary N) is 2. The predicted molar refractivity (Wildman–Crippen MR) is 90.1 cm³/mol. The number of carbonyl (C=O) groups is 2. The van der Waals surface area contributed by atoms with Crippen LogP contribution in [0.15, 0.2) is 18.2 Å². The lowest BCUT2D eigenvalue weighted by atomic mass is 9.98. The van der Waals surface area contributed by atoms with Crippen LogP contribution in [0.2, 0.25) is 0 Å². The quantitative estimate of drug-likeness (QED) is 0.624. The van der Waals surface area contributed by atoms with Crippen molar-refractivity contribution in [1.82, 2.24) is 10.6 Å². The lowest BCUT2D eigenvalue weighted by Crippen LogP contribution is -2.37. The van der Waals surface area contributed by atoms with Crippen LogP contribution in [0.25, 0.3) is 0 Å². The van der Waals surface area contributed by atoms with Crippen molar-refractivity contribution in [3.63, 3.8) is 0 Å². The van der Waals surface area contributed by atoms with Gasteiger partial charge in [-0.05, 0) is 24.8 Å². The lowest BCUT2D eigenvalue weighted by Gasteiger charge is -2.33. The molecule has 1 aromatic rings. The summed E-state index contributed by atoms with van der Waals surface area (Å²) in [7, 11) is 1.47. The average molecular weight is 334 g/mol. The van der Waals surface area contributed by atoms with Crippen molar-refractivity contribution in [3.8, 4) is 0 Å². The number of benzene rings is 1. The van der Waals surface area contributed by atoms with Crippen LogP contribution >= 0.6 is 0 Å². The smallest absolute Gasteiger partial charge is 0.270 e. The monoisotopic (exact) mass is 334 g/mol. The van der Waals surface area contributed by atoms with Crippen molar-refractivity contribution < 1.29 is 14.5 Å². The van der Waals surface area contributed by atoms with E-state index in [0.717, 1.165) is 25.9 Å². The van der Waals surface area contributed by atoms with Crippen LogP contribution in [-0.4, -0.2) is 43.4 Å². The van der Waals surface area contributed by atoms with E-state index in [4.69, 9.17) is 0 Å². The fourth-order valence-corrected chi connectivity index (χ4v) is 2.69. The van der Waals surface area contributed by atoms with Gasteiger partial charge in [0, 0.05) is 32.3 Å². The Labute approximate surface area is 140 Å². The molecule has 1 heterocycles. The number of piperidine rings is 1. The Hall–Kier alpha value is -2.64. The van der Waals surface area contributed by atoms with Crippen LogP contribution in [0.4, 0.5) is 11.4 Å². The Balaban J connectivity index is 2.27. The Morgan fingerprint density at radius 2 is 2.00 bits per heavy atom. The molecular weight excluding hydrogens is 312 g/mol. The number of carbonyl (C=O) groups excluding carboxylic acids is 2. The molecule has 1 aliphatic rings. The minimum absolute atomic E-state index is 0.144. The topological polar surface area (TPSA) is 105 Å². The molecule has 0 aliphatic carbocycles. The highest BCUT2D eigenvalue weighted by Crippen LogP contribution is 2.29. The molecule has 1 aromatic carbocycles. The number of nitro benzene ring substituents is 1. The summed E-state index contributed by atoms with van der Waals surface area (Å²) in [5, 5.41) is 15.9. The van der Waals surface area contributed by atoms with Gasteiger partial charge in [0.05, 0.1) is 22.7 Å². The number of hydrogen-bond donors (Lipinski definition) is 2. The minimum atomic E-state index is -0.530. The normalized spacial score (nSPS) is 15.0. The third-order valence-corrected chi connectivity index (χ3v) is 4.25. The van der Waals surface area contributed by atoms with Crippen molar-refractivity contribution >= 4 is 23.2 Å². The summed E-state index contributed by atoms with van der Waals surface area (Å²) >= 11 is 0. The van der Waals surface area contributed by atoms with Gasteiger partial charge in [-0.2, -0.15) is 0 Å². The van der Waals surface area contributed by atoms with Crippen molar-refractivity contribution in [2.45, 2.75) is 19.8 Å². The second kappa shape index (κ2) is 7.76. The molecule has 130 valence electrons. The molecule has 2 N–H and O–H groups in total. The van der Waals surface area contributed by atoms with E-state index >= 15 is 0 Å². The van der Waals surface area contributed by atoms with E-state index in [2.05, 4.69) is 22.5 Å². The van der Waals surface area contributed by atoms with Crippen LogP contribution in [0.3, 0.4) is 0 Å². The van der Waals surface area contributed by atoms with Crippen LogP contribution in [-0.2, 0) is 4.79 Å². The van der Waals surface area contributed by atoms with E-state index in [1.54, 1.807) is 6.07 Å². The third-order valence-electron chi connectivity index (χ3n) is 4.25. The van der Waals surface area contributed by atoms with Gasteiger partial charge in [-0.1, -0.05) is 6.92 Å².